The molecule has 0 spiro atoms. The van der Waals surface area contributed by atoms with Crippen molar-refractivity contribution in [2.24, 2.45) is 10.9 Å². The van der Waals surface area contributed by atoms with Gasteiger partial charge in [0.05, 0.1) is 22.7 Å². The monoisotopic (exact) mass is 408 g/mol. The third kappa shape index (κ3) is 2.18. The molecule has 4 aliphatic rings. The molecule has 1 aliphatic carbocycles. The number of aliphatic imine (C=N–C) groups is 1. The van der Waals surface area contributed by atoms with Crippen molar-refractivity contribution in [3.63, 3.8) is 0 Å². The Balaban J connectivity index is 1.59. The Kier molecular flexibility index (Phi) is 3.67. The quantitative estimate of drug-likeness (QED) is 0.680. The van der Waals surface area contributed by atoms with Crippen LogP contribution in [0.5, 0.6) is 0 Å². The highest BCUT2D eigenvalue weighted by atomic mass is 19.1. The number of nitrogens with zero attached hydrogens (tertiary/aromatic N) is 2. The summed E-state index contributed by atoms with van der Waals surface area (Å²) in [6, 6.07) is 3.38. The van der Waals surface area contributed by atoms with Gasteiger partial charge in [0.15, 0.2) is 6.10 Å². The molecule has 0 saturated carbocycles. The lowest BCUT2D eigenvalue weighted by Crippen LogP contribution is -2.33. The van der Waals surface area contributed by atoms with Gasteiger partial charge in [0.1, 0.15) is 12.4 Å². The van der Waals surface area contributed by atoms with Crippen molar-refractivity contribution in [3.05, 3.63) is 61.8 Å². The van der Waals surface area contributed by atoms with Crippen molar-refractivity contribution < 1.29 is 18.7 Å². The van der Waals surface area contributed by atoms with Crippen molar-refractivity contribution in [3.8, 4) is 0 Å². The second-order valence-electron chi connectivity index (χ2n) is 8.60. The maximum Gasteiger partial charge on any atom is 0.340 e. The number of halogens is 1. The average molecular weight is 408 g/mol. The number of hydrogen-bond acceptors (Lipinski definition) is 5. The van der Waals surface area contributed by atoms with Crippen molar-refractivity contribution >= 4 is 17.4 Å². The van der Waals surface area contributed by atoms with Crippen molar-refractivity contribution in [2.45, 2.75) is 51.4 Å². The van der Waals surface area contributed by atoms with Crippen LogP contribution in [0.15, 0.2) is 21.9 Å². The van der Waals surface area contributed by atoms with Crippen LogP contribution < -0.4 is 5.56 Å². The minimum absolute atomic E-state index is 0.0392. The van der Waals surface area contributed by atoms with E-state index in [0.29, 0.717) is 29.1 Å². The molecular formula is C23H21FN2O4. The maximum atomic E-state index is 14.6. The second kappa shape index (κ2) is 6.11. The zero-order chi connectivity index (χ0) is 20.7. The zero-order valence-corrected chi connectivity index (χ0v) is 16.8. The summed E-state index contributed by atoms with van der Waals surface area (Å²) in [5.74, 6) is -0.414. The number of carbonyl (C=O) groups excluding carboxylic acids is 1. The Hall–Kier alpha value is -2.80. The van der Waals surface area contributed by atoms with Crippen LogP contribution in [0.2, 0.25) is 0 Å². The van der Waals surface area contributed by atoms with Crippen LogP contribution in [-0.2, 0) is 33.8 Å². The third-order valence-corrected chi connectivity index (χ3v) is 7.23. The van der Waals surface area contributed by atoms with Gasteiger partial charge in [-0.05, 0) is 54.9 Å². The van der Waals surface area contributed by atoms with E-state index in [2.05, 4.69) is 0 Å². The van der Waals surface area contributed by atoms with Gasteiger partial charge in [-0.1, -0.05) is 0 Å². The molecule has 4 heterocycles. The fourth-order valence-electron chi connectivity index (χ4n) is 5.79. The molecule has 0 amide bonds. The first-order valence-electron chi connectivity index (χ1n) is 10.4. The molecule has 0 saturated heterocycles. The van der Waals surface area contributed by atoms with E-state index in [1.54, 1.807) is 4.57 Å². The molecule has 3 aliphatic heterocycles. The smallest absolute Gasteiger partial charge is 0.340 e. The average Bonchev–Trinajstić information content (AvgIpc) is 3.11. The molecule has 1 aromatic carbocycles. The van der Waals surface area contributed by atoms with E-state index < -0.39 is 12.1 Å². The number of carbonyl (C=O) groups is 1. The Morgan fingerprint density at radius 2 is 2.07 bits per heavy atom. The third-order valence-electron chi connectivity index (χ3n) is 7.23. The summed E-state index contributed by atoms with van der Waals surface area (Å²) < 4.78 is 26.8. The van der Waals surface area contributed by atoms with Crippen molar-refractivity contribution in [2.75, 3.05) is 7.11 Å². The summed E-state index contributed by atoms with van der Waals surface area (Å²) in [4.78, 5) is 30.3. The number of fused-ring (bicyclic) bond motifs is 5. The number of aromatic nitrogens is 1. The van der Waals surface area contributed by atoms with Crippen LogP contribution in [-0.4, -0.2) is 23.4 Å². The number of esters is 1. The summed E-state index contributed by atoms with van der Waals surface area (Å²) in [6.07, 6.45) is 1.96. The van der Waals surface area contributed by atoms with Crippen LogP contribution in [0.3, 0.4) is 0 Å². The fraction of sp³-hybridized carbons (Fsp3) is 0.435. The van der Waals surface area contributed by atoms with Crippen LogP contribution in [0.4, 0.5) is 10.1 Å². The first-order valence-corrected chi connectivity index (χ1v) is 10.4. The SMILES string of the molecule is COC1C(=O)OCc2c1cc1n(c2=O)CC2C1=Nc1cc(F)c(C)c3c1C2CCC3. The molecule has 6 rings (SSSR count). The molecule has 7 heteroatoms. The van der Waals surface area contributed by atoms with Crippen molar-refractivity contribution in [1.29, 1.82) is 0 Å². The first-order chi connectivity index (χ1) is 14.5. The van der Waals surface area contributed by atoms with Crippen LogP contribution in [0.25, 0.3) is 0 Å². The molecule has 154 valence electrons. The van der Waals surface area contributed by atoms with Gasteiger partial charge in [-0.15, -0.1) is 0 Å². The fourth-order valence-corrected chi connectivity index (χ4v) is 5.79. The summed E-state index contributed by atoms with van der Waals surface area (Å²) in [7, 11) is 1.43. The summed E-state index contributed by atoms with van der Waals surface area (Å²) in [5.41, 5.74) is 6.04. The zero-order valence-electron chi connectivity index (χ0n) is 16.8. The van der Waals surface area contributed by atoms with E-state index in [-0.39, 0.29) is 29.8 Å². The van der Waals surface area contributed by atoms with Gasteiger partial charge in [-0.25, -0.2) is 9.18 Å². The highest BCUT2D eigenvalue weighted by Gasteiger charge is 2.44. The molecule has 0 bridgehead atoms. The summed E-state index contributed by atoms with van der Waals surface area (Å²) >= 11 is 0. The minimum atomic E-state index is -0.913. The molecule has 0 fully saturated rings. The first kappa shape index (κ1) is 18.0. The highest BCUT2D eigenvalue weighted by molar-refractivity contribution is 6.06. The van der Waals surface area contributed by atoms with Crippen molar-refractivity contribution in [1.82, 2.24) is 4.57 Å². The van der Waals surface area contributed by atoms with E-state index in [9.17, 15) is 14.0 Å². The van der Waals surface area contributed by atoms with E-state index in [1.807, 2.05) is 13.0 Å². The summed E-state index contributed by atoms with van der Waals surface area (Å²) in [6.45, 7) is 2.35. The molecular weight excluding hydrogens is 387 g/mol. The number of cyclic esters (lactones) is 1. The second-order valence-corrected chi connectivity index (χ2v) is 8.60. The Morgan fingerprint density at radius 1 is 1.23 bits per heavy atom. The lowest BCUT2D eigenvalue weighted by molar-refractivity contribution is -0.159. The summed E-state index contributed by atoms with van der Waals surface area (Å²) in [5, 5.41) is 0. The number of rotatable bonds is 1. The number of hydrogen-bond donors (Lipinski definition) is 0. The van der Waals surface area contributed by atoms with Gasteiger partial charge in [0.25, 0.3) is 5.56 Å². The van der Waals surface area contributed by atoms with Gasteiger partial charge in [0.2, 0.25) is 0 Å². The van der Waals surface area contributed by atoms with Gasteiger partial charge in [0, 0.05) is 31.2 Å². The maximum absolute atomic E-state index is 14.6. The molecule has 0 N–H and O–H groups in total. The van der Waals surface area contributed by atoms with Gasteiger partial charge < -0.3 is 14.0 Å². The number of benzene rings is 1. The Morgan fingerprint density at radius 3 is 2.87 bits per heavy atom. The van der Waals surface area contributed by atoms with Crippen LogP contribution >= 0.6 is 0 Å². The lowest BCUT2D eigenvalue weighted by atomic mass is 9.71. The Bertz CT molecular complexity index is 1230. The molecule has 30 heavy (non-hydrogen) atoms. The normalized spacial score (nSPS) is 25.6. The van der Waals surface area contributed by atoms with Crippen LogP contribution in [0, 0.1) is 18.7 Å². The van der Waals surface area contributed by atoms with Gasteiger partial charge >= 0.3 is 5.97 Å². The largest absolute Gasteiger partial charge is 0.458 e. The predicted molar refractivity (Wildman–Crippen MR) is 107 cm³/mol. The standard InChI is InChI=1S/C23H21FN2O4/c1-10-11-4-3-5-12-14-8-26-18(20(14)25-17(19(11)12)7-16(10)24)6-13-15(22(26)27)9-30-23(28)21(13)29-2/h6-7,12,14,21H,3-5,8-9H2,1-2H3. The molecule has 1 aromatic heterocycles. The molecule has 2 aromatic rings. The molecule has 0 radical (unpaired) electrons. The topological polar surface area (TPSA) is 69.9 Å². The van der Waals surface area contributed by atoms with E-state index in [1.165, 1.54) is 13.2 Å². The molecule has 3 atom stereocenters. The van der Waals surface area contributed by atoms with Crippen LogP contribution in [0.1, 0.15) is 58.4 Å². The molecule has 3 unspecified atom stereocenters. The van der Waals surface area contributed by atoms with E-state index in [0.717, 1.165) is 41.7 Å². The Labute approximate surface area is 172 Å². The number of ether oxygens (including phenoxy) is 2. The number of methoxy groups -OCH3 is 1. The predicted octanol–water partition coefficient (Wildman–Crippen LogP) is 3.22. The lowest BCUT2D eigenvalue weighted by Gasteiger charge is -2.35. The van der Waals surface area contributed by atoms with E-state index >= 15 is 0 Å². The minimum Gasteiger partial charge on any atom is -0.458 e. The number of pyridine rings is 1. The highest BCUT2D eigenvalue weighted by Crippen LogP contribution is 2.50. The van der Waals surface area contributed by atoms with Gasteiger partial charge in [-0.2, -0.15) is 0 Å². The van der Waals surface area contributed by atoms with E-state index in [4.69, 9.17) is 14.5 Å². The van der Waals surface area contributed by atoms with Gasteiger partial charge in [-0.3, -0.25) is 9.79 Å². The molecule has 6 nitrogen and oxygen atoms in total.